The lowest BCUT2D eigenvalue weighted by atomic mass is 10.00. The number of piperidine rings is 1. The number of nitrogens with one attached hydrogen (secondary N) is 1. The minimum atomic E-state index is 0.0335. The number of benzene rings is 1. The summed E-state index contributed by atoms with van der Waals surface area (Å²) in [6.45, 7) is 4.51. The van der Waals surface area contributed by atoms with Crippen molar-refractivity contribution in [2.45, 2.75) is 26.3 Å². The molecule has 1 N–H and O–H groups in total. The Morgan fingerprint density at radius 3 is 2.70 bits per heavy atom. The zero-order chi connectivity index (χ0) is 16.1. The first-order valence-corrected chi connectivity index (χ1v) is 8.11. The molecular weight excluding hydrogens is 288 g/mol. The van der Waals surface area contributed by atoms with Crippen LogP contribution in [-0.2, 0) is 6.54 Å². The van der Waals surface area contributed by atoms with Crippen LogP contribution in [0.3, 0.4) is 0 Å². The fourth-order valence-electron chi connectivity index (χ4n) is 2.86. The lowest BCUT2D eigenvalue weighted by Crippen LogP contribution is -2.39. The summed E-state index contributed by atoms with van der Waals surface area (Å²) in [4.78, 5) is 22.9. The molecule has 1 aliphatic heterocycles. The van der Waals surface area contributed by atoms with Crippen LogP contribution in [0.4, 0.5) is 5.95 Å². The van der Waals surface area contributed by atoms with Crippen molar-refractivity contribution < 1.29 is 4.79 Å². The van der Waals surface area contributed by atoms with Gasteiger partial charge in [0.25, 0.3) is 5.91 Å². The number of rotatable bonds is 4. The summed E-state index contributed by atoms with van der Waals surface area (Å²) in [5, 5.41) is 3.17. The van der Waals surface area contributed by atoms with Crippen molar-refractivity contribution in [2.75, 3.05) is 18.4 Å². The molecule has 0 spiro atoms. The molecule has 5 heteroatoms. The van der Waals surface area contributed by atoms with Crippen LogP contribution in [0.5, 0.6) is 0 Å². The van der Waals surface area contributed by atoms with E-state index >= 15 is 0 Å². The first-order valence-electron chi connectivity index (χ1n) is 8.11. The van der Waals surface area contributed by atoms with Crippen molar-refractivity contribution >= 4 is 11.9 Å². The topological polar surface area (TPSA) is 58.1 Å². The number of carbonyl (C=O) groups is 1. The van der Waals surface area contributed by atoms with Crippen molar-refractivity contribution in [3.63, 3.8) is 0 Å². The van der Waals surface area contributed by atoms with Gasteiger partial charge in [-0.1, -0.05) is 37.3 Å². The SMILES string of the molecule is CC1CCCN(C(=O)c2cnc(NCc3ccccc3)nc2)C1. The molecule has 5 nitrogen and oxygen atoms in total. The highest BCUT2D eigenvalue weighted by molar-refractivity contribution is 5.93. The molecule has 1 amide bonds. The summed E-state index contributed by atoms with van der Waals surface area (Å²) in [7, 11) is 0. The number of nitrogens with zero attached hydrogens (tertiary/aromatic N) is 3. The van der Waals surface area contributed by atoms with Crippen LogP contribution in [0, 0.1) is 5.92 Å². The van der Waals surface area contributed by atoms with E-state index in [0.29, 0.717) is 24.0 Å². The molecule has 0 saturated carbocycles. The van der Waals surface area contributed by atoms with Crippen molar-refractivity contribution in [1.29, 1.82) is 0 Å². The lowest BCUT2D eigenvalue weighted by molar-refractivity contribution is 0.0682. The standard InChI is InChI=1S/C18H22N4O/c1-14-6-5-9-22(13-14)17(23)16-11-20-18(21-12-16)19-10-15-7-3-2-4-8-15/h2-4,7-8,11-12,14H,5-6,9-10,13H2,1H3,(H,19,20,21). The van der Waals surface area contributed by atoms with E-state index in [2.05, 4.69) is 22.2 Å². The van der Waals surface area contributed by atoms with Gasteiger partial charge in [0.2, 0.25) is 5.95 Å². The molecule has 2 heterocycles. The Kier molecular flexibility index (Phi) is 4.86. The highest BCUT2D eigenvalue weighted by atomic mass is 16.2. The molecule has 1 aliphatic rings. The van der Waals surface area contributed by atoms with Crippen LogP contribution in [0.15, 0.2) is 42.7 Å². The fourth-order valence-corrected chi connectivity index (χ4v) is 2.86. The molecule has 1 atom stereocenters. The fraction of sp³-hybridized carbons (Fsp3) is 0.389. The number of aromatic nitrogens is 2. The second kappa shape index (κ2) is 7.22. The summed E-state index contributed by atoms with van der Waals surface area (Å²) in [5.41, 5.74) is 1.72. The van der Waals surface area contributed by atoms with E-state index in [1.165, 1.54) is 12.0 Å². The molecule has 0 aliphatic carbocycles. The number of amides is 1. The maximum absolute atomic E-state index is 12.5. The lowest BCUT2D eigenvalue weighted by Gasteiger charge is -2.30. The minimum Gasteiger partial charge on any atom is -0.350 e. The third-order valence-electron chi connectivity index (χ3n) is 4.14. The molecule has 120 valence electrons. The van der Waals surface area contributed by atoms with E-state index in [4.69, 9.17) is 0 Å². The van der Waals surface area contributed by atoms with Gasteiger partial charge in [0.1, 0.15) is 0 Å². The predicted molar refractivity (Wildman–Crippen MR) is 90.1 cm³/mol. The zero-order valence-corrected chi connectivity index (χ0v) is 13.4. The van der Waals surface area contributed by atoms with Gasteiger partial charge in [0, 0.05) is 32.0 Å². The average Bonchev–Trinajstić information content (AvgIpc) is 2.61. The van der Waals surface area contributed by atoms with Crippen molar-refractivity contribution in [3.8, 4) is 0 Å². The van der Waals surface area contributed by atoms with E-state index in [9.17, 15) is 4.79 Å². The van der Waals surface area contributed by atoms with Gasteiger partial charge in [-0.2, -0.15) is 0 Å². The molecular formula is C18H22N4O. The van der Waals surface area contributed by atoms with Gasteiger partial charge in [-0.15, -0.1) is 0 Å². The largest absolute Gasteiger partial charge is 0.350 e. The smallest absolute Gasteiger partial charge is 0.257 e. The Bertz CT molecular complexity index is 642. The van der Waals surface area contributed by atoms with Crippen LogP contribution in [0.2, 0.25) is 0 Å². The van der Waals surface area contributed by atoms with E-state index in [1.807, 2.05) is 35.2 Å². The van der Waals surface area contributed by atoms with E-state index in [1.54, 1.807) is 12.4 Å². The second-order valence-electron chi connectivity index (χ2n) is 6.13. The molecule has 2 aromatic rings. The van der Waals surface area contributed by atoms with Crippen LogP contribution < -0.4 is 5.32 Å². The van der Waals surface area contributed by atoms with Gasteiger partial charge in [-0.05, 0) is 24.3 Å². The van der Waals surface area contributed by atoms with Crippen LogP contribution in [-0.4, -0.2) is 33.9 Å². The summed E-state index contributed by atoms with van der Waals surface area (Å²) in [5.74, 6) is 1.14. The van der Waals surface area contributed by atoms with Crippen LogP contribution in [0.1, 0.15) is 35.7 Å². The Morgan fingerprint density at radius 2 is 2.00 bits per heavy atom. The minimum absolute atomic E-state index is 0.0335. The Labute approximate surface area is 136 Å². The van der Waals surface area contributed by atoms with Crippen molar-refractivity contribution in [2.24, 2.45) is 5.92 Å². The van der Waals surface area contributed by atoms with Crippen LogP contribution in [0.25, 0.3) is 0 Å². The van der Waals surface area contributed by atoms with Crippen LogP contribution >= 0.6 is 0 Å². The quantitative estimate of drug-likeness (QED) is 0.943. The van der Waals surface area contributed by atoms with Crippen molar-refractivity contribution in [1.82, 2.24) is 14.9 Å². The molecule has 1 fully saturated rings. The molecule has 0 radical (unpaired) electrons. The van der Waals surface area contributed by atoms with Gasteiger partial charge in [0.05, 0.1) is 5.56 Å². The maximum Gasteiger partial charge on any atom is 0.257 e. The van der Waals surface area contributed by atoms with E-state index in [-0.39, 0.29) is 5.91 Å². The number of hydrogen-bond donors (Lipinski definition) is 1. The highest BCUT2D eigenvalue weighted by Crippen LogP contribution is 2.17. The van der Waals surface area contributed by atoms with Gasteiger partial charge in [-0.3, -0.25) is 4.79 Å². The summed E-state index contributed by atoms with van der Waals surface area (Å²) in [6, 6.07) is 10.1. The zero-order valence-electron chi connectivity index (χ0n) is 13.4. The van der Waals surface area contributed by atoms with Crippen molar-refractivity contribution in [3.05, 3.63) is 53.9 Å². The second-order valence-corrected chi connectivity index (χ2v) is 6.13. The third kappa shape index (κ3) is 4.06. The molecule has 1 aromatic carbocycles. The number of likely N-dealkylation sites (tertiary alicyclic amines) is 1. The summed E-state index contributed by atoms with van der Waals surface area (Å²) in [6.07, 6.45) is 5.50. The van der Waals surface area contributed by atoms with Gasteiger partial charge < -0.3 is 10.2 Å². The van der Waals surface area contributed by atoms with E-state index < -0.39 is 0 Å². The summed E-state index contributed by atoms with van der Waals surface area (Å²) < 4.78 is 0. The Balaban J connectivity index is 1.59. The maximum atomic E-state index is 12.5. The first-order chi connectivity index (χ1) is 11.2. The third-order valence-corrected chi connectivity index (χ3v) is 4.14. The highest BCUT2D eigenvalue weighted by Gasteiger charge is 2.22. The number of hydrogen-bond acceptors (Lipinski definition) is 4. The van der Waals surface area contributed by atoms with Gasteiger partial charge in [0.15, 0.2) is 0 Å². The Morgan fingerprint density at radius 1 is 1.26 bits per heavy atom. The Hall–Kier alpha value is -2.43. The molecule has 1 aromatic heterocycles. The van der Waals surface area contributed by atoms with E-state index in [0.717, 1.165) is 19.5 Å². The van der Waals surface area contributed by atoms with Gasteiger partial charge in [-0.25, -0.2) is 9.97 Å². The number of carbonyl (C=O) groups excluding carboxylic acids is 1. The molecule has 1 unspecified atom stereocenters. The molecule has 3 rings (SSSR count). The predicted octanol–water partition coefficient (Wildman–Crippen LogP) is 2.96. The monoisotopic (exact) mass is 310 g/mol. The van der Waals surface area contributed by atoms with Gasteiger partial charge >= 0.3 is 0 Å². The molecule has 1 saturated heterocycles. The molecule has 0 bridgehead atoms. The molecule has 23 heavy (non-hydrogen) atoms. The number of anilines is 1. The first kappa shape index (κ1) is 15.5. The average molecular weight is 310 g/mol. The summed E-state index contributed by atoms with van der Waals surface area (Å²) >= 11 is 0. The normalized spacial score (nSPS) is 17.8.